The van der Waals surface area contributed by atoms with Crippen LogP contribution in [-0.4, -0.2) is 12.3 Å². The van der Waals surface area contributed by atoms with Gasteiger partial charge >= 0.3 is 0 Å². The lowest BCUT2D eigenvalue weighted by Crippen LogP contribution is -2.17. The van der Waals surface area contributed by atoms with E-state index < -0.39 is 0 Å². The molecule has 2 nitrogen and oxygen atoms in total. The van der Waals surface area contributed by atoms with Crippen molar-refractivity contribution in [3.8, 4) is 0 Å². The van der Waals surface area contributed by atoms with Crippen molar-refractivity contribution < 1.29 is 0 Å². The normalized spacial score (nSPS) is 14.2. The third kappa shape index (κ3) is 6.19. The van der Waals surface area contributed by atoms with E-state index in [1.165, 1.54) is 0 Å². The second-order valence-corrected chi connectivity index (χ2v) is 10.1. The largest absolute Gasteiger partial charge is 0.385 e. The average molecular weight is 484 g/mol. The molecule has 0 saturated carbocycles. The SMILES string of the molecule is C=C(NCC(C)C)c1ccc2c(c1)N=C(C(/C=C/C)=C/C=C(\C)Cl)c1ccc(Cl)cc1S2. The quantitative estimate of drug-likeness (QED) is 0.398. The van der Waals surface area contributed by atoms with Crippen LogP contribution >= 0.6 is 35.0 Å². The summed E-state index contributed by atoms with van der Waals surface area (Å²) in [6, 6.07) is 12.2. The van der Waals surface area contributed by atoms with Gasteiger partial charge in [0.2, 0.25) is 0 Å². The molecule has 5 heteroatoms. The van der Waals surface area contributed by atoms with Crippen LogP contribution in [0.1, 0.15) is 38.8 Å². The predicted octanol–water partition coefficient (Wildman–Crippen LogP) is 8.79. The van der Waals surface area contributed by atoms with Crippen molar-refractivity contribution in [3.05, 3.63) is 94.0 Å². The molecule has 1 aliphatic rings. The minimum absolute atomic E-state index is 0.541. The van der Waals surface area contributed by atoms with Gasteiger partial charge in [0.25, 0.3) is 0 Å². The van der Waals surface area contributed by atoms with Crippen LogP contribution in [0.15, 0.2) is 92.7 Å². The maximum atomic E-state index is 6.35. The van der Waals surface area contributed by atoms with Crippen molar-refractivity contribution in [3.63, 3.8) is 0 Å². The third-order valence-corrected chi connectivity index (χ3v) is 6.28. The van der Waals surface area contributed by atoms with Gasteiger partial charge in [0.1, 0.15) is 0 Å². The smallest absolute Gasteiger partial charge is 0.0793 e. The van der Waals surface area contributed by atoms with E-state index in [2.05, 4.69) is 50.0 Å². The highest BCUT2D eigenvalue weighted by Crippen LogP contribution is 2.43. The minimum Gasteiger partial charge on any atom is -0.385 e. The van der Waals surface area contributed by atoms with Crippen LogP contribution < -0.4 is 5.32 Å². The van der Waals surface area contributed by atoms with Crippen LogP contribution in [0.2, 0.25) is 5.02 Å². The molecule has 1 heterocycles. The summed E-state index contributed by atoms with van der Waals surface area (Å²) in [6.45, 7) is 13.3. The molecule has 0 amide bonds. The first-order valence-corrected chi connectivity index (χ1v) is 12.2. The van der Waals surface area contributed by atoms with Gasteiger partial charge in [-0.15, -0.1) is 0 Å². The van der Waals surface area contributed by atoms with Gasteiger partial charge in [-0.05, 0) is 55.7 Å². The Bertz CT molecular complexity index is 1140. The molecule has 2 aromatic carbocycles. The Morgan fingerprint density at radius 1 is 1.16 bits per heavy atom. The molecule has 166 valence electrons. The Kier molecular flexibility index (Phi) is 8.47. The fourth-order valence-electron chi connectivity index (χ4n) is 3.20. The number of aliphatic imine (C=N–C) groups is 1. The Labute approximate surface area is 205 Å². The number of nitrogens with zero attached hydrogens (tertiary/aromatic N) is 1. The zero-order valence-electron chi connectivity index (χ0n) is 18.9. The first kappa shape index (κ1) is 24.4. The third-order valence-electron chi connectivity index (χ3n) is 4.79. The van der Waals surface area contributed by atoms with Gasteiger partial charge < -0.3 is 5.32 Å². The molecule has 0 unspecified atom stereocenters. The van der Waals surface area contributed by atoms with Crippen LogP contribution in [0.5, 0.6) is 0 Å². The molecule has 0 bridgehead atoms. The molecule has 32 heavy (non-hydrogen) atoms. The van der Waals surface area contributed by atoms with Crippen LogP contribution in [0, 0.1) is 5.92 Å². The predicted molar refractivity (Wildman–Crippen MR) is 143 cm³/mol. The van der Waals surface area contributed by atoms with Gasteiger partial charge in [0.05, 0.1) is 11.4 Å². The molecule has 0 atom stereocenters. The number of halogens is 2. The number of fused-ring (bicyclic) bond motifs is 2. The molecule has 1 aliphatic heterocycles. The highest BCUT2D eigenvalue weighted by Gasteiger charge is 2.20. The van der Waals surface area contributed by atoms with E-state index in [9.17, 15) is 0 Å². The Hall–Kier alpha value is -2.20. The highest BCUT2D eigenvalue weighted by atomic mass is 35.5. The van der Waals surface area contributed by atoms with Crippen molar-refractivity contribution in [2.24, 2.45) is 10.9 Å². The second kappa shape index (κ2) is 11.1. The van der Waals surface area contributed by atoms with E-state index in [1.54, 1.807) is 11.8 Å². The Balaban J connectivity index is 2.17. The number of hydrogen-bond donors (Lipinski definition) is 1. The van der Waals surface area contributed by atoms with Crippen molar-refractivity contribution in [1.29, 1.82) is 0 Å². The van der Waals surface area contributed by atoms with Gasteiger partial charge in [0, 0.05) is 43.2 Å². The molecule has 0 aliphatic carbocycles. The number of rotatable bonds is 7. The maximum absolute atomic E-state index is 6.35. The van der Waals surface area contributed by atoms with Gasteiger partial charge in [-0.25, -0.2) is 4.99 Å². The fraction of sp³-hybridized carbons (Fsp3) is 0.222. The lowest BCUT2D eigenvalue weighted by molar-refractivity contribution is 0.618. The zero-order valence-corrected chi connectivity index (χ0v) is 21.2. The molecule has 2 aromatic rings. The second-order valence-electron chi connectivity index (χ2n) is 8.01. The lowest BCUT2D eigenvalue weighted by Gasteiger charge is -2.13. The van der Waals surface area contributed by atoms with Gasteiger partial charge in [-0.2, -0.15) is 0 Å². The summed E-state index contributed by atoms with van der Waals surface area (Å²) >= 11 is 14.1. The van der Waals surface area contributed by atoms with Gasteiger partial charge in [-0.3, -0.25) is 0 Å². The molecule has 0 aromatic heterocycles. The Morgan fingerprint density at radius 3 is 2.62 bits per heavy atom. The standard InChI is InChI=1S/C27H28Cl2N2S/c1-6-7-20(9-8-18(4)28)27-23-12-11-22(29)15-26(23)32-25-13-10-21(14-24(25)31-27)19(5)30-16-17(2)3/h6-15,17,30H,5,16H2,1-4H3/b7-6+,18-8+,20-9+. The summed E-state index contributed by atoms with van der Waals surface area (Å²) in [5.41, 5.74) is 5.74. The van der Waals surface area contributed by atoms with Crippen LogP contribution in [-0.2, 0) is 0 Å². The average Bonchev–Trinajstić information content (AvgIpc) is 2.90. The molecular weight excluding hydrogens is 455 g/mol. The number of allylic oxidation sites excluding steroid dienone is 6. The number of nitrogens with one attached hydrogen (secondary N) is 1. The van der Waals surface area contributed by atoms with Crippen LogP contribution in [0.3, 0.4) is 0 Å². The summed E-state index contributed by atoms with van der Waals surface area (Å²) < 4.78 is 0. The van der Waals surface area contributed by atoms with Crippen molar-refractivity contribution in [2.75, 3.05) is 6.54 Å². The first-order valence-electron chi connectivity index (χ1n) is 10.6. The van der Waals surface area contributed by atoms with Crippen LogP contribution in [0.25, 0.3) is 5.70 Å². The topological polar surface area (TPSA) is 24.4 Å². The lowest BCUT2D eigenvalue weighted by atomic mass is 10.0. The molecular formula is C27H28Cl2N2S. The van der Waals surface area contributed by atoms with Crippen molar-refractivity contribution in [2.45, 2.75) is 37.5 Å². The van der Waals surface area contributed by atoms with Crippen LogP contribution in [0.4, 0.5) is 5.69 Å². The summed E-state index contributed by atoms with van der Waals surface area (Å²) in [7, 11) is 0. The summed E-state index contributed by atoms with van der Waals surface area (Å²) in [5.74, 6) is 0.541. The number of benzene rings is 2. The zero-order chi connectivity index (χ0) is 23.3. The molecule has 0 radical (unpaired) electrons. The van der Waals surface area contributed by atoms with E-state index >= 15 is 0 Å². The molecule has 0 saturated heterocycles. The molecule has 0 fully saturated rings. The summed E-state index contributed by atoms with van der Waals surface area (Å²) in [5, 5.41) is 4.83. The molecule has 1 N–H and O–H groups in total. The molecule has 3 rings (SSSR count). The maximum Gasteiger partial charge on any atom is 0.0793 e. The summed E-state index contributed by atoms with van der Waals surface area (Å²) in [6.07, 6.45) is 7.95. The van der Waals surface area contributed by atoms with Crippen molar-refractivity contribution >= 4 is 52.1 Å². The first-order chi connectivity index (χ1) is 15.3. The fourth-order valence-corrected chi connectivity index (χ4v) is 4.54. The number of hydrogen-bond acceptors (Lipinski definition) is 3. The highest BCUT2D eigenvalue weighted by molar-refractivity contribution is 7.99. The van der Waals surface area contributed by atoms with E-state index in [0.29, 0.717) is 16.0 Å². The van der Waals surface area contributed by atoms with E-state index in [4.69, 9.17) is 28.2 Å². The van der Waals surface area contributed by atoms with E-state index in [0.717, 1.165) is 50.1 Å². The van der Waals surface area contributed by atoms with E-state index in [1.807, 2.05) is 50.3 Å². The van der Waals surface area contributed by atoms with Crippen molar-refractivity contribution in [1.82, 2.24) is 5.32 Å². The molecule has 0 spiro atoms. The monoisotopic (exact) mass is 482 g/mol. The minimum atomic E-state index is 0.541. The van der Waals surface area contributed by atoms with Gasteiger partial charge in [0.15, 0.2) is 0 Å². The van der Waals surface area contributed by atoms with Gasteiger partial charge in [-0.1, -0.05) is 85.8 Å². The summed E-state index contributed by atoms with van der Waals surface area (Å²) in [4.78, 5) is 7.28. The Morgan fingerprint density at radius 2 is 1.94 bits per heavy atom. The van der Waals surface area contributed by atoms with E-state index in [-0.39, 0.29) is 0 Å².